The van der Waals surface area contributed by atoms with Gasteiger partial charge in [-0.3, -0.25) is 4.90 Å². The molecule has 28 heavy (non-hydrogen) atoms. The highest BCUT2D eigenvalue weighted by atomic mass is 35.5. The highest BCUT2D eigenvalue weighted by Gasteiger charge is 2.29. The molecule has 0 aliphatic carbocycles. The van der Waals surface area contributed by atoms with Crippen LogP contribution >= 0.6 is 11.6 Å². The zero-order valence-electron chi connectivity index (χ0n) is 15.5. The van der Waals surface area contributed by atoms with Crippen LogP contribution in [0.3, 0.4) is 0 Å². The van der Waals surface area contributed by atoms with Crippen molar-refractivity contribution in [3.63, 3.8) is 0 Å². The second-order valence-electron chi connectivity index (χ2n) is 6.37. The topological polar surface area (TPSA) is 87.2 Å². The third-order valence-electron chi connectivity index (χ3n) is 4.33. The Bertz CT molecular complexity index is 884. The van der Waals surface area contributed by atoms with Gasteiger partial charge in [-0.05, 0) is 29.7 Å². The van der Waals surface area contributed by atoms with Crippen molar-refractivity contribution in [3.05, 3.63) is 69.0 Å². The van der Waals surface area contributed by atoms with E-state index in [4.69, 9.17) is 11.6 Å². The summed E-state index contributed by atoms with van der Waals surface area (Å²) in [5.41, 5.74) is 2.91. The summed E-state index contributed by atoms with van der Waals surface area (Å²) >= 11 is 5.82. The van der Waals surface area contributed by atoms with Gasteiger partial charge in [0.25, 0.3) is 5.96 Å². The number of hydrazone groups is 1. The molecule has 9 heteroatoms. The Morgan fingerprint density at radius 2 is 2.11 bits per heavy atom. The first-order valence-corrected chi connectivity index (χ1v) is 9.41. The number of guanidine groups is 1. The molecule has 8 nitrogen and oxygen atoms in total. The van der Waals surface area contributed by atoms with E-state index in [1.54, 1.807) is 23.5 Å². The van der Waals surface area contributed by atoms with Crippen LogP contribution in [0.1, 0.15) is 24.5 Å². The summed E-state index contributed by atoms with van der Waals surface area (Å²) in [5.74, 6) is 0.261. The Kier molecular flexibility index (Phi) is 6.54. The number of halogens is 1. The van der Waals surface area contributed by atoms with Crippen LogP contribution in [0.15, 0.2) is 52.7 Å². The molecule has 3 rings (SSSR count). The van der Waals surface area contributed by atoms with Crippen LogP contribution in [-0.2, 0) is 13.0 Å². The number of aliphatic imine (C=N–C) groups is 1. The van der Waals surface area contributed by atoms with Crippen LogP contribution in [0, 0.1) is 10.1 Å². The molecule has 0 N–H and O–H groups in total. The Morgan fingerprint density at radius 3 is 2.82 bits per heavy atom. The second kappa shape index (κ2) is 9.27. The summed E-state index contributed by atoms with van der Waals surface area (Å²) in [5, 5.41) is 14.3. The van der Waals surface area contributed by atoms with Crippen LogP contribution in [0.2, 0.25) is 5.15 Å². The predicted octanol–water partition coefficient (Wildman–Crippen LogP) is 3.71. The fourth-order valence-electron chi connectivity index (χ4n) is 3.03. The van der Waals surface area contributed by atoms with Crippen LogP contribution in [0.5, 0.6) is 0 Å². The molecule has 1 fully saturated rings. The molecule has 1 aliphatic heterocycles. The lowest BCUT2D eigenvalue weighted by Gasteiger charge is -2.18. The number of hydrogen-bond donors (Lipinski definition) is 0. The molecule has 0 amide bonds. The number of rotatable bonds is 7. The lowest BCUT2D eigenvalue weighted by Crippen LogP contribution is -2.33. The predicted molar refractivity (Wildman–Crippen MR) is 109 cm³/mol. The van der Waals surface area contributed by atoms with E-state index < -0.39 is 5.03 Å². The summed E-state index contributed by atoms with van der Waals surface area (Å²) < 4.78 is 0. The fourth-order valence-corrected chi connectivity index (χ4v) is 3.14. The fraction of sp³-hybridized carbons (Fsp3) is 0.316. The number of aryl methyl sites for hydroxylation is 1. The monoisotopic (exact) mass is 400 g/mol. The first kappa shape index (κ1) is 19.8. The summed E-state index contributed by atoms with van der Waals surface area (Å²) in [6.07, 6.45) is 5.23. The minimum Gasteiger partial charge on any atom is -0.331 e. The van der Waals surface area contributed by atoms with Gasteiger partial charge in [0, 0.05) is 25.8 Å². The van der Waals surface area contributed by atoms with Gasteiger partial charge in [0.2, 0.25) is 0 Å². The summed E-state index contributed by atoms with van der Waals surface area (Å²) in [6, 6.07) is 11.5. The van der Waals surface area contributed by atoms with E-state index in [1.807, 2.05) is 35.2 Å². The van der Waals surface area contributed by atoms with E-state index in [0.717, 1.165) is 29.7 Å². The maximum absolute atomic E-state index is 11.0. The van der Waals surface area contributed by atoms with Crippen molar-refractivity contribution < 1.29 is 5.03 Å². The molecule has 0 atom stereocenters. The van der Waals surface area contributed by atoms with Gasteiger partial charge in [0.05, 0.1) is 12.0 Å². The zero-order chi connectivity index (χ0) is 19.9. The molecule has 0 unspecified atom stereocenters. The quantitative estimate of drug-likeness (QED) is 0.232. The zero-order valence-corrected chi connectivity index (χ0v) is 16.3. The first-order valence-electron chi connectivity index (χ1n) is 9.04. The molecule has 0 saturated carbocycles. The molecule has 2 aromatic rings. The van der Waals surface area contributed by atoms with Crippen molar-refractivity contribution >= 4 is 29.6 Å². The Balaban J connectivity index is 1.79. The van der Waals surface area contributed by atoms with Crippen molar-refractivity contribution in [2.24, 2.45) is 10.1 Å². The highest BCUT2D eigenvalue weighted by molar-refractivity contribution is 6.29. The second-order valence-corrected chi connectivity index (χ2v) is 6.75. The molecule has 1 saturated heterocycles. The number of nitrogens with zero attached hydrogens (tertiary/aromatic N) is 6. The van der Waals surface area contributed by atoms with Gasteiger partial charge in [-0.15, -0.1) is 0 Å². The van der Waals surface area contributed by atoms with Crippen molar-refractivity contribution in [3.8, 4) is 0 Å². The van der Waals surface area contributed by atoms with E-state index in [-0.39, 0.29) is 5.96 Å². The van der Waals surface area contributed by atoms with E-state index in [1.165, 1.54) is 0 Å². The number of para-hydroxylation sites is 1. The lowest BCUT2D eigenvalue weighted by atomic mass is 10.1. The normalized spacial score (nSPS) is 15.7. The van der Waals surface area contributed by atoms with Crippen molar-refractivity contribution in [1.82, 2.24) is 14.8 Å². The summed E-state index contributed by atoms with van der Waals surface area (Å²) in [7, 11) is 0. The van der Waals surface area contributed by atoms with Crippen LogP contribution in [-0.4, -0.2) is 45.2 Å². The third-order valence-corrected chi connectivity index (χ3v) is 4.55. The molecular formula is C19H21ClN6O2. The molecular weight excluding hydrogens is 380 g/mol. The standard InChI is InChI=1S/C19H21ClN6O2/c1-2-5-16-6-3-4-7-17(16)22-14-25-11-10-24(19(25)23-26(27)28)13-15-8-9-18(20)21-12-15/h3-4,6-9,12,14H,2,5,10-11,13H2,1H3. The minimum absolute atomic E-state index is 0.261. The van der Waals surface area contributed by atoms with Crippen molar-refractivity contribution in [2.45, 2.75) is 26.3 Å². The molecule has 1 aliphatic rings. The molecule has 1 aromatic heterocycles. The van der Waals surface area contributed by atoms with E-state index in [0.29, 0.717) is 24.8 Å². The summed E-state index contributed by atoms with van der Waals surface area (Å²) in [4.78, 5) is 23.2. The number of hydrogen-bond acceptors (Lipinski definition) is 4. The Labute approximate surface area is 168 Å². The Hall–Kier alpha value is -3.00. The van der Waals surface area contributed by atoms with Crippen LogP contribution in [0.25, 0.3) is 0 Å². The average Bonchev–Trinajstić information content (AvgIpc) is 3.04. The number of aromatic nitrogens is 1. The SMILES string of the molecule is CCCc1ccccc1N=CN1CCN(Cc2ccc(Cl)nc2)C1=N[N+](=O)[O-]. The van der Waals surface area contributed by atoms with Crippen LogP contribution < -0.4 is 0 Å². The summed E-state index contributed by atoms with van der Waals surface area (Å²) in [6.45, 7) is 3.73. The maximum atomic E-state index is 11.0. The molecule has 0 spiro atoms. The van der Waals surface area contributed by atoms with Gasteiger partial charge < -0.3 is 4.90 Å². The van der Waals surface area contributed by atoms with Gasteiger partial charge in [0.1, 0.15) is 10.3 Å². The molecule has 146 valence electrons. The lowest BCUT2D eigenvalue weighted by molar-refractivity contribution is -0.486. The van der Waals surface area contributed by atoms with Crippen molar-refractivity contribution in [2.75, 3.05) is 13.1 Å². The largest absolute Gasteiger partial charge is 0.331 e. The minimum atomic E-state index is -0.681. The first-order chi connectivity index (χ1) is 13.6. The number of pyridine rings is 1. The maximum Gasteiger partial charge on any atom is 0.279 e. The van der Waals surface area contributed by atoms with Gasteiger partial charge in [-0.2, -0.15) is 0 Å². The van der Waals surface area contributed by atoms with E-state index in [2.05, 4.69) is 22.0 Å². The van der Waals surface area contributed by atoms with E-state index in [9.17, 15) is 10.1 Å². The van der Waals surface area contributed by atoms with Crippen molar-refractivity contribution in [1.29, 1.82) is 0 Å². The van der Waals surface area contributed by atoms with Gasteiger partial charge in [-0.1, -0.05) is 49.2 Å². The average molecular weight is 401 g/mol. The van der Waals surface area contributed by atoms with Gasteiger partial charge >= 0.3 is 0 Å². The van der Waals surface area contributed by atoms with E-state index >= 15 is 0 Å². The molecule has 2 heterocycles. The number of benzene rings is 1. The molecule has 0 bridgehead atoms. The van der Waals surface area contributed by atoms with Gasteiger partial charge in [-0.25, -0.2) is 20.1 Å². The smallest absolute Gasteiger partial charge is 0.279 e. The van der Waals surface area contributed by atoms with Gasteiger partial charge in [0.15, 0.2) is 5.03 Å². The highest BCUT2D eigenvalue weighted by Crippen LogP contribution is 2.21. The molecule has 0 radical (unpaired) electrons. The molecule has 1 aromatic carbocycles. The van der Waals surface area contributed by atoms with Crippen LogP contribution in [0.4, 0.5) is 5.69 Å². The Morgan fingerprint density at radius 1 is 1.29 bits per heavy atom. The number of nitro groups is 1. The third kappa shape index (κ3) is 5.04.